The number of imidazole rings is 2. The second-order valence-electron chi connectivity index (χ2n) is 4.19. The first-order chi connectivity index (χ1) is 8.72. The third-order valence-corrected chi connectivity index (χ3v) is 4.41. The number of H-pyrrole nitrogens is 1. The van der Waals surface area contributed by atoms with Crippen LogP contribution in [0.3, 0.4) is 0 Å². The van der Waals surface area contributed by atoms with Crippen LogP contribution in [0.15, 0.2) is 36.4 Å². The molecule has 0 unspecified atom stereocenters. The van der Waals surface area contributed by atoms with Crippen molar-refractivity contribution in [2.24, 2.45) is 0 Å². The van der Waals surface area contributed by atoms with Crippen LogP contribution in [0.4, 0.5) is 0 Å². The van der Waals surface area contributed by atoms with E-state index < -0.39 is 0 Å². The van der Waals surface area contributed by atoms with Crippen LogP contribution in [-0.2, 0) is 0 Å². The number of aromatic amines is 1. The molecule has 0 saturated heterocycles. The fourth-order valence-electron chi connectivity index (χ4n) is 2.29. The van der Waals surface area contributed by atoms with Crippen molar-refractivity contribution in [3.63, 3.8) is 0 Å². The summed E-state index contributed by atoms with van der Waals surface area (Å²) < 4.78 is 4.64. The molecule has 2 aromatic heterocycles. The quantitative estimate of drug-likeness (QED) is 0.394. The number of hydrogen-bond donors (Lipinski definition) is 1. The summed E-state index contributed by atoms with van der Waals surface area (Å²) in [6.07, 6.45) is 0. The predicted molar refractivity (Wildman–Crippen MR) is 90.0 cm³/mol. The minimum absolute atomic E-state index is 0.906. The molecule has 2 aromatic carbocycles. The van der Waals surface area contributed by atoms with Crippen LogP contribution >= 0.6 is 45.2 Å². The number of benzene rings is 2. The van der Waals surface area contributed by atoms with Crippen LogP contribution in [0.5, 0.6) is 0 Å². The molecule has 5 heteroatoms. The normalized spacial score (nSPS) is 11.9. The molecule has 0 radical (unpaired) electrons. The van der Waals surface area contributed by atoms with E-state index in [1.807, 2.05) is 0 Å². The molecular formula is C13H7I2N3. The summed E-state index contributed by atoms with van der Waals surface area (Å²) in [6, 6.07) is 12.7. The van der Waals surface area contributed by atoms with Gasteiger partial charge < -0.3 is 4.98 Å². The molecule has 18 heavy (non-hydrogen) atoms. The van der Waals surface area contributed by atoms with Gasteiger partial charge in [0.25, 0.3) is 0 Å². The Morgan fingerprint density at radius 2 is 1.67 bits per heavy atom. The number of halogens is 2. The number of nitrogens with one attached hydrogen (secondary N) is 1. The first-order valence-electron chi connectivity index (χ1n) is 5.47. The average Bonchev–Trinajstić information content (AvgIpc) is 2.85. The summed E-state index contributed by atoms with van der Waals surface area (Å²) in [7, 11) is 0. The summed E-state index contributed by atoms with van der Waals surface area (Å²) in [5, 5.41) is 0. The Morgan fingerprint density at radius 3 is 2.50 bits per heavy atom. The molecular weight excluding hydrogens is 452 g/mol. The maximum Gasteiger partial charge on any atom is 0.213 e. The van der Waals surface area contributed by atoms with Gasteiger partial charge in [0, 0.05) is 7.14 Å². The fourth-order valence-corrected chi connectivity index (χ4v) is 3.24. The fraction of sp³-hybridized carbons (Fsp3) is 0. The van der Waals surface area contributed by atoms with Gasteiger partial charge in [0.15, 0.2) is 0 Å². The average molecular weight is 459 g/mol. The molecule has 88 valence electrons. The van der Waals surface area contributed by atoms with Gasteiger partial charge in [0.1, 0.15) is 0 Å². The van der Waals surface area contributed by atoms with Crippen molar-refractivity contribution in [3.05, 3.63) is 43.5 Å². The van der Waals surface area contributed by atoms with E-state index in [2.05, 4.69) is 95.9 Å². The summed E-state index contributed by atoms with van der Waals surface area (Å²) in [5.41, 5.74) is 4.49. The largest absolute Gasteiger partial charge is 0.323 e. The van der Waals surface area contributed by atoms with Crippen LogP contribution in [0.25, 0.3) is 27.8 Å². The molecule has 0 saturated carbocycles. The van der Waals surface area contributed by atoms with Crippen LogP contribution in [0.1, 0.15) is 0 Å². The van der Waals surface area contributed by atoms with Gasteiger partial charge in [0.05, 0.1) is 22.1 Å². The molecule has 4 rings (SSSR count). The van der Waals surface area contributed by atoms with Crippen LogP contribution in [0.2, 0.25) is 0 Å². The molecule has 0 atom stereocenters. The van der Waals surface area contributed by atoms with Gasteiger partial charge in [-0.15, -0.1) is 0 Å². The number of aromatic nitrogens is 3. The maximum atomic E-state index is 4.62. The van der Waals surface area contributed by atoms with Gasteiger partial charge in [-0.3, -0.25) is 4.40 Å². The van der Waals surface area contributed by atoms with Crippen molar-refractivity contribution in [1.29, 1.82) is 0 Å². The topological polar surface area (TPSA) is 33.1 Å². The third-order valence-electron chi connectivity index (χ3n) is 3.06. The third kappa shape index (κ3) is 1.49. The first kappa shape index (κ1) is 11.0. The lowest BCUT2D eigenvalue weighted by molar-refractivity contribution is 1.28. The van der Waals surface area contributed by atoms with E-state index in [-0.39, 0.29) is 0 Å². The van der Waals surface area contributed by atoms with E-state index in [1.165, 1.54) is 12.7 Å². The van der Waals surface area contributed by atoms with E-state index in [0.717, 1.165) is 22.3 Å². The monoisotopic (exact) mass is 459 g/mol. The predicted octanol–water partition coefficient (Wildman–Crippen LogP) is 4.18. The van der Waals surface area contributed by atoms with E-state index in [1.54, 1.807) is 0 Å². The molecule has 0 spiro atoms. The first-order valence-corrected chi connectivity index (χ1v) is 7.63. The molecule has 0 aliphatic carbocycles. The molecule has 1 N–H and O–H groups in total. The number of fused-ring (bicyclic) bond motifs is 5. The second-order valence-corrected chi connectivity index (χ2v) is 6.68. The Morgan fingerprint density at radius 1 is 0.944 bits per heavy atom. The van der Waals surface area contributed by atoms with Gasteiger partial charge in [0.2, 0.25) is 5.78 Å². The van der Waals surface area contributed by atoms with Gasteiger partial charge in [-0.25, -0.2) is 4.98 Å². The molecule has 0 amide bonds. The summed E-state index contributed by atoms with van der Waals surface area (Å²) in [5.74, 6) is 0.906. The number of rotatable bonds is 0. The smallest absolute Gasteiger partial charge is 0.213 e. The Balaban J connectivity index is 2.30. The van der Waals surface area contributed by atoms with Crippen molar-refractivity contribution >= 4 is 73.0 Å². The zero-order valence-corrected chi connectivity index (χ0v) is 13.4. The SMILES string of the molecule is Ic1ccc2nc3[nH]c4ccc(I)cc4n3c2c1. The lowest BCUT2D eigenvalue weighted by atomic mass is 10.3. The van der Waals surface area contributed by atoms with Gasteiger partial charge >= 0.3 is 0 Å². The highest BCUT2D eigenvalue weighted by Gasteiger charge is 2.10. The minimum atomic E-state index is 0.906. The summed E-state index contributed by atoms with van der Waals surface area (Å²) in [6.45, 7) is 0. The van der Waals surface area contributed by atoms with Crippen molar-refractivity contribution in [1.82, 2.24) is 14.4 Å². The molecule has 2 heterocycles. The minimum Gasteiger partial charge on any atom is -0.323 e. The van der Waals surface area contributed by atoms with E-state index in [0.29, 0.717) is 0 Å². The Hall–Kier alpha value is -0.830. The van der Waals surface area contributed by atoms with Crippen molar-refractivity contribution in [2.75, 3.05) is 0 Å². The van der Waals surface area contributed by atoms with Crippen LogP contribution < -0.4 is 0 Å². The van der Waals surface area contributed by atoms with E-state index >= 15 is 0 Å². The van der Waals surface area contributed by atoms with Crippen LogP contribution in [-0.4, -0.2) is 14.4 Å². The molecule has 0 aliphatic heterocycles. The number of hydrogen-bond acceptors (Lipinski definition) is 1. The van der Waals surface area contributed by atoms with Crippen molar-refractivity contribution < 1.29 is 0 Å². The van der Waals surface area contributed by atoms with Crippen molar-refractivity contribution in [2.45, 2.75) is 0 Å². The van der Waals surface area contributed by atoms with E-state index in [4.69, 9.17) is 0 Å². The summed E-state index contributed by atoms with van der Waals surface area (Å²) >= 11 is 4.67. The zero-order valence-electron chi connectivity index (χ0n) is 9.11. The molecule has 0 fully saturated rings. The molecule has 3 nitrogen and oxygen atoms in total. The highest BCUT2D eigenvalue weighted by atomic mass is 127. The van der Waals surface area contributed by atoms with Gasteiger partial charge in [-0.05, 0) is 81.6 Å². The van der Waals surface area contributed by atoms with Crippen LogP contribution in [0, 0.1) is 7.14 Å². The van der Waals surface area contributed by atoms with E-state index in [9.17, 15) is 0 Å². The van der Waals surface area contributed by atoms with Gasteiger partial charge in [-0.1, -0.05) is 0 Å². The second kappa shape index (κ2) is 3.83. The highest BCUT2D eigenvalue weighted by molar-refractivity contribution is 14.1. The zero-order chi connectivity index (χ0) is 12.3. The molecule has 0 bridgehead atoms. The molecule has 0 aliphatic rings. The Labute approximate surface area is 130 Å². The Kier molecular flexibility index (Phi) is 2.35. The van der Waals surface area contributed by atoms with Gasteiger partial charge in [-0.2, -0.15) is 0 Å². The standard InChI is InChI=1S/C13H7I2N3/c14-7-1-3-9-11(5-7)18-12-6-8(15)2-4-10(12)17-13(18)16-9/h1-6H,(H,16,17). The summed E-state index contributed by atoms with van der Waals surface area (Å²) in [4.78, 5) is 7.98. The lowest BCUT2D eigenvalue weighted by Crippen LogP contribution is -1.82. The molecule has 4 aromatic rings. The highest BCUT2D eigenvalue weighted by Crippen LogP contribution is 2.25. The lowest BCUT2D eigenvalue weighted by Gasteiger charge is -1.96. The Bertz CT molecular complexity index is 833. The number of nitrogens with zero attached hydrogens (tertiary/aromatic N) is 2. The maximum absolute atomic E-state index is 4.62. The van der Waals surface area contributed by atoms with Crippen molar-refractivity contribution in [3.8, 4) is 0 Å².